The lowest BCUT2D eigenvalue weighted by Crippen LogP contribution is -2.46. The molecule has 0 aromatic heterocycles. The zero-order valence-electron chi connectivity index (χ0n) is 16.9. The van der Waals surface area contributed by atoms with Gasteiger partial charge in [-0.25, -0.2) is 0 Å². The van der Waals surface area contributed by atoms with Crippen LogP contribution in [0.2, 0.25) is 0 Å². The molecular formula is C19H41N5. The van der Waals surface area contributed by atoms with E-state index in [2.05, 4.69) is 60.0 Å². The average Bonchev–Trinajstić information content (AvgIpc) is 2.54. The van der Waals surface area contributed by atoms with Crippen molar-refractivity contribution in [3.63, 3.8) is 0 Å². The fourth-order valence-electron chi connectivity index (χ4n) is 3.55. The van der Waals surface area contributed by atoms with E-state index in [9.17, 15) is 0 Å². The molecule has 0 bridgehead atoms. The van der Waals surface area contributed by atoms with Gasteiger partial charge in [0, 0.05) is 45.3 Å². The van der Waals surface area contributed by atoms with Crippen molar-refractivity contribution in [3.8, 4) is 0 Å². The molecule has 1 atom stereocenters. The minimum absolute atomic E-state index is 0.575. The van der Waals surface area contributed by atoms with Crippen LogP contribution in [-0.4, -0.2) is 74.2 Å². The van der Waals surface area contributed by atoms with Gasteiger partial charge in [-0.3, -0.25) is 9.89 Å². The average molecular weight is 340 g/mol. The lowest BCUT2D eigenvalue weighted by molar-refractivity contribution is 0.178. The van der Waals surface area contributed by atoms with Crippen molar-refractivity contribution in [2.75, 3.05) is 46.3 Å². The van der Waals surface area contributed by atoms with Crippen molar-refractivity contribution in [1.82, 2.24) is 20.4 Å². The summed E-state index contributed by atoms with van der Waals surface area (Å²) in [6.07, 6.45) is 4.14. The Morgan fingerprint density at radius 2 is 1.62 bits per heavy atom. The van der Waals surface area contributed by atoms with Crippen LogP contribution in [0.15, 0.2) is 4.99 Å². The molecule has 0 aromatic rings. The van der Waals surface area contributed by atoms with Crippen LogP contribution >= 0.6 is 0 Å². The first kappa shape index (κ1) is 21.2. The number of guanidine groups is 1. The molecule has 5 heteroatoms. The number of nitrogens with zero attached hydrogens (tertiary/aromatic N) is 3. The first-order chi connectivity index (χ1) is 11.4. The maximum absolute atomic E-state index is 4.36. The third kappa shape index (κ3) is 8.34. The van der Waals surface area contributed by atoms with Crippen LogP contribution in [0.3, 0.4) is 0 Å². The molecule has 1 saturated heterocycles. The number of hydrogen-bond acceptors (Lipinski definition) is 3. The van der Waals surface area contributed by atoms with Crippen molar-refractivity contribution in [2.24, 2.45) is 10.9 Å². The fourth-order valence-corrected chi connectivity index (χ4v) is 3.55. The smallest absolute Gasteiger partial charge is 0.191 e. The molecule has 24 heavy (non-hydrogen) atoms. The van der Waals surface area contributed by atoms with Gasteiger partial charge in [0.15, 0.2) is 5.96 Å². The van der Waals surface area contributed by atoms with Crippen LogP contribution in [0.1, 0.15) is 53.9 Å². The molecule has 0 amide bonds. The molecule has 142 valence electrons. The van der Waals surface area contributed by atoms with Crippen LogP contribution in [0, 0.1) is 5.92 Å². The molecule has 1 fully saturated rings. The maximum atomic E-state index is 4.36. The van der Waals surface area contributed by atoms with E-state index in [1.165, 1.54) is 38.9 Å². The highest BCUT2D eigenvalue weighted by Crippen LogP contribution is 2.10. The Kier molecular flexibility index (Phi) is 10.3. The minimum atomic E-state index is 0.575. The first-order valence-electron chi connectivity index (χ1n) is 9.86. The van der Waals surface area contributed by atoms with Crippen LogP contribution in [0.25, 0.3) is 0 Å². The molecule has 0 radical (unpaired) electrons. The second kappa shape index (κ2) is 11.7. The van der Waals surface area contributed by atoms with Crippen LogP contribution in [0.5, 0.6) is 0 Å². The SMILES string of the molecule is CN=C(NCCN(C(C)C)C(C)C)NCC(C)CN1CCCCC1. The number of nitrogens with one attached hydrogen (secondary N) is 2. The standard InChI is InChI=1S/C19H41N5/c1-16(2)24(17(3)4)13-10-21-19(20-6)22-14-18(5)15-23-11-8-7-9-12-23/h16-18H,7-15H2,1-6H3,(H2,20,21,22). The number of hydrogen-bond donors (Lipinski definition) is 2. The molecule has 5 nitrogen and oxygen atoms in total. The van der Waals surface area contributed by atoms with Gasteiger partial charge in [0.25, 0.3) is 0 Å². The van der Waals surface area contributed by atoms with Crippen molar-refractivity contribution in [3.05, 3.63) is 0 Å². The van der Waals surface area contributed by atoms with Gasteiger partial charge >= 0.3 is 0 Å². The molecule has 0 aromatic carbocycles. The highest BCUT2D eigenvalue weighted by molar-refractivity contribution is 5.79. The van der Waals surface area contributed by atoms with Gasteiger partial charge in [-0.1, -0.05) is 13.3 Å². The van der Waals surface area contributed by atoms with Gasteiger partial charge in [-0.2, -0.15) is 0 Å². The summed E-state index contributed by atoms with van der Waals surface area (Å²) in [5.41, 5.74) is 0. The summed E-state index contributed by atoms with van der Waals surface area (Å²) in [5.74, 6) is 1.57. The lowest BCUT2D eigenvalue weighted by atomic mass is 10.1. The number of likely N-dealkylation sites (tertiary alicyclic amines) is 1. The van der Waals surface area contributed by atoms with Gasteiger partial charge in [-0.05, 0) is 59.5 Å². The zero-order chi connectivity index (χ0) is 17.9. The summed E-state index contributed by atoms with van der Waals surface area (Å²) >= 11 is 0. The van der Waals surface area contributed by atoms with E-state index >= 15 is 0 Å². The molecule has 1 heterocycles. The van der Waals surface area contributed by atoms with E-state index < -0.39 is 0 Å². The fraction of sp³-hybridized carbons (Fsp3) is 0.947. The van der Waals surface area contributed by atoms with Crippen molar-refractivity contribution in [1.29, 1.82) is 0 Å². The lowest BCUT2D eigenvalue weighted by Gasteiger charge is -2.31. The third-order valence-corrected chi connectivity index (χ3v) is 4.85. The van der Waals surface area contributed by atoms with Crippen LogP contribution < -0.4 is 10.6 Å². The predicted molar refractivity (Wildman–Crippen MR) is 106 cm³/mol. The quantitative estimate of drug-likeness (QED) is 0.500. The van der Waals surface area contributed by atoms with Crippen LogP contribution in [-0.2, 0) is 0 Å². The molecule has 0 saturated carbocycles. The topological polar surface area (TPSA) is 42.9 Å². The summed E-state index contributed by atoms with van der Waals surface area (Å²) in [4.78, 5) is 9.46. The van der Waals surface area contributed by atoms with E-state index in [0.29, 0.717) is 18.0 Å². The summed E-state index contributed by atoms with van der Waals surface area (Å²) in [6.45, 7) is 18.1. The Bertz CT molecular complexity index is 340. The number of aliphatic imine (C=N–C) groups is 1. The Hall–Kier alpha value is -0.810. The predicted octanol–water partition coefficient (Wildman–Crippen LogP) is 2.39. The van der Waals surface area contributed by atoms with Crippen molar-refractivity contribution >= 4 is 5.96 Å². The minimum Gasteiger partial charge on any atom is -0.356 e. The third-order valence-electron chi connectivity index (χ3n) is 4.85. The molecule has 0 spiro atoms. The zero-order valence-corrected chi connectivity index (χ0v) is 16.9. The number of piperidine rings is 1. The molecule has 0 aliphatic carbocycles. The van der Waals surface area contributed by atoms with Gasteiger partial charge in [0.1, 0.15) is 0 Å². The van der Waals surface area contributed by atoms with Gasteiger partial charge in [0.05, 0.1) is 0 Å². The second-order valence-electron chi connectivity index (χ2n) is 7.77. The molecule has 1 aliphatic heterocycles. The van der Waals surface area contributed by atoms with Gasteiger partial charge in [-0.15, -0.1) is 0 Å². The normalized spacial score (nSPS) is 18.5. The van der Waals surface area contributed by atoms with E-state index in [1.54, 1.807) is 0 Å². The van der Waals surface area contributed by atoms with E-state index in [1.807, 2.05) is 7.05 Å². The first-order valence-corrected chi connectivity index (χ1v) is 9.86. The Morgan fingerprint density at radius 1 is 1.00 bits per heavy atom. The molecule has 1 unspecified atom stereocenters. The highest BCUT2D eigenvalue weighted by Gasteiger charge is 2.14. The summed E-state index contributed by atoms with van der Waals surface area (Å²) in [6, 6.07) is 1.15. The molecule has 1 rings (SSSR count). The summed E-state index contributed by atoms with van der Waals surface area (Å²) in [5, 5.41) is 6.94. The van der Waals surface area contributed by atoms with Gasteiger partial charge in [0.2, 0.25) is 0 Å². The van der Waals surface area contributed by atoms with Gasteiger partial charge < -0.3 is 15.5 Å². The number of rotatable bonds is 9. The highest BCUT2D eigenvalue weighted by atomic mass is 15.2. The van der Waals surface area contributed by atoms with E-state index in [0.717, 1.165) is 25.6 Å². The van der Waals surface area contributed by atoms with E-state index in [4.69, 9.17) is 0 Å². The molecule has 1 aliphatic rings. The second-order valence-corrected chi connectivity index (χ2v) is 7.77. The monoisotopic (exact) mass is 339 g/mol. The van der Waals surface area contributed by atoms with Crippen LogP contribution in [0.4, 0.5) is 0 Å². The summed E-state index contributed by atoms with van der Waals surface area (Å²) in [7, 11) is 1.85. The van der Waals surface area contributed by atoms with Crippen molar-refractivity contribution in [2.45, 2.75) is 66.0 Å². The molecule has 2 N–H and O–H groups in total. The van der Waals surface area contributed by atoms with Crippen molar-refractivity contribution < 1.29 is 0 Å². The largest absolute Gasteiger partial charge is 0.356 e. The Labute approximate surface area is 150 Å². The summed E-state index contributed by atoms with van der Waals surface area (Å²) < 4.78 is 0. The Balaban J connectivity index is 2.24. The maximum Gasteiger partial charge on any atom is 0.191 e. The Morgan fingerprint density at radius 3 is 2.17 bits per heavy atom. The molecular weight excluding hydrogens is 298 g/mol. The van der Waals surface area contributed by atoms with E-state index in [-0.39, 0.29) is 0 Å².